The molecule has 3 nitrogen and oxygen atoms in total. The van der Waals surface area contributed by atoms with Crippen LogP contribution in [-0.2, 0) is 0 Å². The fourth-order valence-corrected chi connectivity index (χ4v) is 1.22. The molecule has 0 heterocycles. The second-order valence-electron chi connectivity index (χ2n) is 3.36. The molecule has 120 valence electrons. The minimum Gasteiger partial charge on any atom is -0.497 e. The summed E-state index contributed by atoms with van der Waals surface area (Å²) in [5.41, 5.74) is 0.654. The van der Waals surface area contributed by atoms with Crippen molar-refractivity contribution in [2.24, 2.45) is 0 Å². The van der Waals surface area contributed by atoms with Crippen molar-refractivity contribution in [1.29, 1.82) is 5.26 Å². The molecule has 0 saturated carbocycles. The summed E-state index contributed by atoms with van der Waals surface area (Å²) in [5, 5.41) is 8.41. The first-order chi connectivity index (χ1) is 10.8. The Morgan fingerprint density at radius 2 is 1.09 bits per heavy atom. The van der Waals surface area contributed by atoms with Gasteiger partial charge in [0.1, 0.15) is 11.5 Å². The average Bonchev–Trinajstić information content (AvgIpc) is 2.66. The maximum atomic E-state index is 8.41. The van der Waals surface area contributed by atoms with Crippen molar-refractivity contribution in [2.45, 2.75) is 27.7 Å². The summed E-state index contributed by atoms with van der Waals surface area (Å²) in [6.45, 7) is 8.00. The molecule has 2 aromatic carbocycles. The van der Waals surface area contributed by atoms with Crippen LogP contribution >= 0.6 is 0 Å². The van der Waals surface area contributed by atoms with Crippen LogP contribution in [0.2, 0.25) is 0 Å². The molecule has 0 aliphatic carbocycles. The highest BCUT2D eigenvalue weighted by Gasteiger charge is 1.89. The van der Waals surface area contributed by atoms with E-state index in [2.05, 4.69) is 0 Å². The molecule has 0 N–H and O–H groups in total. The zero-order valence-electron chi connectivity index (χ0n) is 14.5. The van der Waals surface area contributed by atoms with Crippen molar-refractivity contribution in [3.8, 4) is 17.6 Å². The topological polar surface area (TPSA) is 42.2 Å². The number of ether oxygens (including phenoxy) is 2. The van der Waals surface area contributed by atoms with Crippen molar-refractivity contribution < 1.29 is 9.47 Å². The molecule has 0 aromatic heterocycles. The largest absolute Gasteiger partial charge is 0.497 e. The lowest BCUT2D eigenvalue weighted by Crippen LogP contribution is -1.81. The zero-order chi connectivity index (χ0) is 17.2. The average molecular weight is 301 g/mol. The molecule has 0 bridgehead atoms. The minimum atomic E-state index is 0.654. The van der Waals surface area contributed by atoms with Gasteiger partial charge >= 0.3 is 0 Å². The van der Waals surface area contributed by atoms with E-state index < -0.39 is 0 Å². The van der Waals surface area contributed by atoms with Gasteiger partial charge in [0, 0.05) is 0 Å². The molecule has 0 unspecified atom stereocenters. The predicted octanol–water partition coefficient (Wildman–Crippen LogP) is 5.31. The lowest BCUT2D eigenvalue weighted by atomic mass is 10.2. The van der Waals surface area contributed by atoms with E-state index in [0.717, 1.165) is 11.5 Å². The number of nitrogens with zero attached hydrogens (tertiary/aromatic N) is 1. The summed E-state index contributed by atoms with van der Waals surface area (Å²) < 4.78 is 9.82. The van der Waals surface area contributed by atoms with Gasteiger partial charge in [-0.25, -0.2) is 0 Å². The van der Waals surface area contributed by atoms with E-state index in [9.17, 15) is 0 Å². The fourth-order valence-electron chi connectivity index (χ4n) is 1.22. The van der Waals surface area contributed by atoms with E-state index in [1.165, 1.54) is 0 Å². The van der Waals surface area contributed by atoms with E-state index in [1.807, 2.05) is 64.1 Å². The summed E-state index contributed by atoms with van der Waals surface area (Å²) in [5.74, 6) is 1.69. The summed E-state index contributed by atoms with van der Waals surface area (Å²) in [4.78, 5) is 0. The second-order valence-corrected chi connectivity index (χ2v) is 3.36. The zero-order valence-corrected chi connectivity index (χ0v) is 14.5. The standard InChI is InChI=1S/C8H7NO.C7H8O.2C2H6/c1-10-8-4-2-7(6-9)3-5-8;1-8-7-5-3-2-4-6-7;2*1-2/h2-5H,1H3;2-6H,1H3;2*1-2H3. The van der Waals surface area contributed by atoms with Gasteiger partial charge in [-0.05, 0) is 36.4 Å². The third kappa shape index (κ3) is 10.3. The van der Waals surface area contributed by atoms with Gasteiger partial charge in [-0.1, -0.05) is 45.9 Å². The predicted molar refractivity (Wildman–Crippen MR) is 93.4 cm³/mol. The van der Waals surface area contributed by atoms with Crippen LogP contribution in [0.1, 0.15) is 33.3 Å². The Bertz CT molecular complexity index is 487. The molecule has 3 heteroatoms. The number of hydrogen-bond acceptors (Lipinski definition) is 3. The quantitative estimate of drug-likeness (QED) is 0.754. The summed E-state index contributed by atoms with van der Waals surface area (Å²) >= 11 is 0. The van der Waals surface area contributed by atoms with Crippen molar-refractivity contribution in [3.05, 3.63) is 60.2 Å². The van der Waals surface area contributed by atoms with E-state index in [0.29, 0.717) is 5.56 Å². The summed E-state index contributed by atoms with van der Waals surface area (Å²) in [7, 11) is 3.26. The first kappa shape index (κ1) is 21.8. The van der Waals surface area contributed by atoms with Gasteiger partial charge in [0.05, 0.1) is 25.9 Å². The van der Waals surface area contributed by atoms with Gasteiger partial charge in [-0.15, -0.1) is 0 Å². The number of hydrogen-bond donors (Lipinski definition) is 0. The number of methoxy groups -OCH3 is 2. The normalized spacial score (nSPS) is 7.50. The van der Waals surface area contributed by atoms with E-state index >= 15 is 0 Å². The molecule has 0 saturated heterocycles. The van der Waals surface area contributed by atoms with Gasteiger partial charge in [-0.3, -0.25) is 0 Å². The summed E-state index contributed by atoms with van der Waals surface area (Å²) in [6.07, 6.45) is 0. The molecular formula is C19H27NO2. The Morgan fingerprint density at radius 3 is 1.41 bits per heavy atom. The fraction of sp³-hybridized carbons (Fsp3) is 0.316. The third-order valence-electron chi connectivity index (χ3n) is 2.20. The Balaban J connectivity index is 0. The van der Waals surface area contributed by atoms with E-state index in [4.69, 9.17) is 14.7 Å². The first-order valence-corrected chi connectivity index (χ1v) is 7.43. The highest BCUT2D eigenvalue weighted by molar-refractivity contribution is 5.34. The van der Waals surface area contributed by atoms with Crippen LogP contribution in [0.5, 0.6) is 11.5 Å². The van der Waals surface area contributed by atoms with Crippen LogP contribution in [-0.4, -0.2) is 14.2 Å². The minimum absolute atomic E-state index is 0.654. The Kier molecular flexibility index (Phi) is 16.4. The van der Waals surface area contributed by atoms with Crippen LogP contribution < -0.4 is 9.47 Å². The highest BCUT2D eigenvalue weighted by atomic mass is 16.5. The molecule has 2 aromatic rings. The number of rotatable bonds is 2. The Morgan fingerprint density at radius 1 is 0.682 bits per heavy atom. The molecular weight excluding hydrogens is 274 g/mol. The summed E-state index contributed by atoms with van der Waals surface area (Å²) in [6, 6.07) is 18.7. The molecule has 0 atom stereocenters. The molecule has 0 fully saturated rings. The van der Waals surface area contributed by atoms with Crippen LogP contribution in [0.3, 0.4) is 0 Å². The van der Waals surface area contributed by atoms with Crippen molar-refractivity contribution in [3.63, 3.8) is 0 Å². The molecule has 0 spiro atoms. The van der Waals surface area contributed by atoms with E-state index in [-0.39, 0.29) is 0 Å². The first-order valence-electron chi connectivity index (χ1n) is 7.43. The van der Waals surface area contributed by atoms with Gasteiger partial charge in [0.15, 0.2) is 0 Å². The van der Waals surface area contributed by atoms with Gasteiger partial charge in [-0.2, -0.15) is 5.26 Å². The van der Waals surface area contributed by atoms with Gasteiger partial charge in [0.25, 0.3) is 0 Å². The van der Waals surface area contributed by atoms with Crippen LogP contribution in [0.15, 0.2) is 54.6 Å². The molecule has 0 radical (unpaired) electrons. The van der Waals surface area contributed by atoms with Crippen molar-refractivity contribution in [1.82, 2.24) is 0 Å². The second kappa shape index (κ2) is 16.6. The maximum Gasteiger partial charge on any atom is 0.118 e. The SMILES string of the molecule is CC.CC.COc1ccc(C#N)cc1.COc1ccccc1. The highest BCUT2D eigenvalue weighted by Crippen LogP contribution is 2.09. The van der Waals surface area contributed by atoms with Crippen molar-refractivity contribution >= 4 is 0 Å². The van der Waals surface area contributed by atoms with Crippen LogP contribution in [0.4, 0.5) is 0 Å². The number of para-hydroxylation sites is 1. The van der Waals surface area contributed by atoms with Gasteiger partial charge in [0.2, 0.25) is 0 Å². The molecule has 0 amide bonds. The van der Waals surface area contributed by atoms with E-state index in [1.54, 1.807) is 38.5 Å². The van der Waals surface area contributed by atoms with Crippen LogP contribution in [0.25, 0.3) is 0 Å². The third-order valence-corrected chi connectivity index (χ3v) is 2.20. The van der Waals surface area contributed by atoms with Crippen LogP contribution in [0, 0.1) is 11.3 Å². The lowest BCUT2D eigenvalue weighted by molar-refractivity contribution is 0.414. The molecule has 0 aliphatic heterocycles. The smallest absolute Gasteiger partial charge is 0.118 e. The molecule has 22 heavy (non-hydrogen) atoms. The number of nitriles is 1. The van der Waals surface area contributed by atoms with Gasteiger partial charge < -0.3 is 9.47 Å². The molecule has 0 aliphatic rings. The lowest BCUT2D eigenvalue weighted by Gasteiger charge is -1.96. The maximum absolute atomic E-state index is 8.41. The monoisotopic (exact) mass is 301 g/mol. The Hall–Kier alpha value is -2.47. The van der Waals surface area contributed by atoms with Crippen molar-refractivity contribution in [2.75, 3.05) is 14.2 Å². The Labute approximate surface area is 135 Å². The number of benzene rings is 2. The molecule has 2 rings (SSSR count).